The lowest BCUT2D eigenvalue weighted by Crippen LogP contribution is -2.52. The number of nitrogens with zero attached hydrogens (tertiary/aromatic N) is 1. The molecule has 2 N–H and O–H groups in total. The summed E-state index contributed by atoms with van der Waals surface area (Å²) in [6, 6.07) is 6.98. The van der Waals surface area contributed by atoms with E-state index in [1.807, 2.05) is 13.0 Å². The summed E-state index contributed by atoms with van der Waals surface area (Å²) < 4.78 is 13.8. The summed E-state index contributed by atoms with van der Waals surface area (Å²) in [5.41, 5.74) is 6.35. The van der Waals surface area contributed by atoms with Gasteiger partial charge in [-0.05, 0) is 45.8 Å². The molecule has 1 saturated heterocycles. The van der Waals surface area contributed by atoms with E-state index in [4.69, 9.17) is 5.73 Å². The van der Waals surface area contributed by atoms with Crippen molar-refractivity contribution in [2.45, 2.75) is 38.3 Å². The maximum Gasteiger partial charge on any atom is 0.128 e. The summed E-state index contributed by atoms with van der Waals surface area (Å²) in [6.07, 6.45) is 2.44. The zero-order valence-electron chi connectivity index (χ0n) is 10.6. The lowest BCUT2D eigenvalue weighted by atomic mass is 9.85. The summed E-state index contributed by atoms with van der Waals surface area (Å²) in [6.45, 7) is 6.16. The van der Waals surface area contributed by atoms with E-state index in [1.165, 1.54) is 18.9 Å². The Hall–Kier alpha value is -0.930. The number of nitrogens with two attached hydrogens (primary N) is 1. The van der Waals surface area contributed by atoms with E-state index in [0.717, 1.165) is 13.1 Å². The highest BCUT2D eigenvalue weighted by Gasteiger charge is 2.35. The van der Waals surface area contributed by atoms with Crippen LogP contribution in [0.15, 0.2) is 24.3 Å². The molecule has 2 rings (SSSR count). The Bertz CT molecular complexity index is 384. The van der Waals surface area contributed by atoms with E-state index in [-0.39, 0.29) is 11.9 Å². The van der Waals surface area contributed by atoms with Crippen molar-refractivity contribution in [1.82, 2.24) is 4.90 Å². The normalized spacial score (nSPS) is 22.4. The van der Waals surface area contributed by atoms with Gasteiger partial charge >= 0.3 is 0 Å². The van der Waals surface area contributed by atoms with Gasteiger partial charge in [-0.2, -0.15) is 0 Å². The van der Waals surface area contributed by atoms with Gasteiger partial charge in [-0.1, -0.05) is 18.2 Å². The molecule has 0 aliphatic carbocycles. The van der Waals surface area contributed by atoms with E-state index in [2.05, 4.69) is 11.8 Å². The van der Waals surface area contributed by atoms with Crippen LogP contribution in [0.4, 0.5) is 4.39 Å². The maximum absolute atomic E-state index is 13.8. The van der Waals surface area contributed by atoms with Crippen LogP contribution in [0.25, 0.3) is 0 Å². The molecule has 3 heteroatoms. The minimum atomic E-state index is -0.643. The van der Waals surface area contributed by atoms with Crippen LogP contribution in [0.1, 0.15) is 32.3 Å². The van der Waals surface area contributed by atoms with Crippen LogP contribution in [0.2, 0.25) is 0 Å². The van der Waals surface area contributed by atoms with Crippen molar-refractivity contribution >= 4 is 0 Å². The van der Waals surface area contributed by atoms with Crippen molar-refractivity contribution in [3.63, 3.8) is 0 Å². The fraction of sp³-hybridized carbons (Fsp3) is 0.571. The number of rotatable bonds is 3. The van der Waals surface area contributed by atoms with E-state index in [1.54, 1.807) is 12.1 Å². The van der Waals surface area contributed by atoms with Gasteiger partial charge in [0.15, 0.2) is 0 Å². The molecule has 0 spiro atoms. The first kappa shape index (κ1) is 12.5. The lowest BCUT2D eigenvalue weighted by Gasteiger charge is -2.38. The largest absolute Gasteiger partial charge is 0.320 e. The topological polar surface area (TPSA) is 29.3 Å². The van der Waals surface area contributed by atoms with Gasteiger partial charge in [0.25, 0.3) is 0 Å². The highest BCUT2D eigenvalue weighted by molar-refractivity contribution is 5.27. The Morgan fingerprint density at radius 3 is 2.47 bits per heavy atom. The molecule has 0 amide bonds. The first-order valence-corrected chi connectivity index (χ1v) is 6.31. The fourth-order valence-electron chi connectivity index (χ4n) is 2.63. The van der Waals surface area contributed by atoms with Crippen LogP contribution in [-0.2, 0) is 5.54 Å². The number of hydrogen-bond donors (Lipinski definition) is 1. The summed E-state index contributed by atoms with van der Waals surface area (Å²) in [5.74, 6) is -0.205. The Kier molecular flexibility index (Phi) is 3.50. The van der Waals surface area contributed by atoms with Crippen LogP contribution in [0.3, 0.4) is 0 Å². The average molecular weight is 236 g/mol. The third-order valence-electron chi connectivity index (χ3n) is 4.01. The molecule has 1 heterocycles. The first-order chi connectivity index (χ1) is 8.03. The van der Waals surface area contributed by atoms with E-state index >= 15 is 0 Å². The van der Waals surface area contributed by atoms with E-state index < -0.39 is 5.54 Å². The molecule has 0 saturated carbocycles. The smallest absolute Gasteiger partial charge is 0.128 e. The zero-order valence-corrected chi connectivity index (χ0v) is 10.6. The van der Waals surface area contributed by atoms with Crippen molar-refractivity contribution in [3.8, 4) is 0 Å². The number of hydrogen-bond acceptors (Lipinski definition) is 2. The van der Waals surface area contributed by atoms with Gasteiger partial charge in [0, 0.05) is 11.6 Å². The summed E-state index contributed by atoms with van der Waals surface area (Å²) in [7, 11) is 0. The predicted octanol–water partition coefficient (Wildman–Crippen LogP) is 2.48. The van der Waals surface area contributed by atoms with E-state index in [9.17, 15) is 4.39 Å². The molecule has 94 valence electrons. The average Bonchev–Trinajstić information content (AvgIpc) is 2.81. The Morgan fingerprint density at radius 2 is 1.88 bits per heavy atom. The number of likely N-dealkylation sites (tertiary alicyclic amines) is 1. The van der Waals surface area contributed by atoms with Gasteiger partial charge in [-0.25, -0.2) is 4.39 Å². The molecule has 2 atom stereocenters. The minimum absolute atomic E-state index is 0.155. The summed E-state index contributed by atoms with van der Waals surface area (Å²) in [4.78, 5) is 2.35. The standard InChI is InChI=1S/C14H21FN2/c1-11(17-9-5-6-10-17)14(2,16)12-7-3-4-8-13(12)15/h3-4,7-8,11H,5-6,9-10,16H2,1-2H3. The SMILES string of the molecule is CC(N1CCCC1)C(C)(N)c1ccccc1F. The highest BCUT2D eigenvalue weighted by atomic mass is 19.1. The zero-order chi connectivity index (χ0) is 12.5. The van der Waals surface area contributed by atoms with Gasteiger partial charge < -0.3 is 5.73 Å². The molecule has 2 unspecified atom stereocenters. The second-order valence-corrected chi connectivity index (χ2v) is 5.18. The molecule has 0 bridgehead atoms. The molecule has 17 heavy (non-hydrogen) atoms. The molecular formula is C14H21FN2. The monoisotopic (exact) mass is 236 g/mol. The maximum atomic E-state index is 13.8. The van der Waals surface area contributed by atoms with Crippen molar-refractivity contribution in [3.05, 3.63) is 35.6 Å². The molecule has 0 aromatic heterocycles. The molecule has 1 aromatic rings. The highest BCUT2D eigenvalue weighted by Crippen LogP contribution is 2.29. The van der Waals surface area contributed by atoms with Gasteiger partial charge in [-0.15, -0.1) is 0 Å². The second-order valence-electron chi connectivity index (χ2n) is 5.18. The van der Waals surface area contributed by atoms with Crippen molar-refractivity contribution in [1.29, 1.82) is 0 Å². The molecule has 1 aliphatic heterocycles. The van der Waals surface area contributed by atoms with Crippen molar-refractivity contribution in [2.75, 3.05) is 13.1 Å². The van der Waals surface area contributed by atoms with Crippen LogP contribution in [-0.4, -0.2) is 24.0 Å². The lowest BCUT2D eigenvalue weighted by molar-refractivity contribution is 0.169. The minimum Gasteiger partial charge on any atom is -0.320 e. The third kappa shape index (κ3) is 2.35. The number of benzene rings is 1. The molecule has 1 fully saturated rings. The molecule has 1 aromatic carbocycles. The predicted molar refractivity (Wildman–Crippen MR) is 68.2 cm³/mol. The van der Waals surface area contributed by atoms with Gasteiger partial charge in [-0.3, -0.25) is 4.90 Å². The first-order valence-electron chi connectivity index (χ1n) is 6.31. The molecule has 2 nitrogen and oxygen atoms in total. The molecule has 0 radical (unpaired) electrons. The van der Waals surface area contributed by atoms with Gasteiger partial charge in [0.1, 0.15) is 5.82 Å². The van der Waals surface area contributed by atoms with Gasteiger partial charge in [0.2, 0.25) is 0 Å². The van der Waals surface area contributed by atoms with Crippen LogP contribution in [0, 0.1) is 5.82 Å². The Morgan fingerprint density at radius 1 is 1.29 bits per heavy atom. The van der Waals surface area contributed by atoms with E-state index in [0.29, 0.717) is 5.56 Å². The van der Waals surface area contributed by atoms with Crippen LogP contribution >= 0.6 is 0 Å². The van der Waals surface area contributed by atoms with Crippen LogP contribution < -0.4 is 5.73 Å². The summed E-state index contributed by atoms with van der Waals surface area (Å²) >= 11 is 0. The fourth-order valence-corrected chi connectivity index (χ4v) is 2.63. The quantitative estimate of drug-likeness (QED) is 0.873. The number of halogens is 1. The molecular weight excluding hydrogens is 215 g/mol. The Labute approximate surface area is 103 Å². The second kappa shape index (κ2) is 4.75. The summed E-state index contributed by atoms with van der Waals surface area (Å²) in [5, 5.41) is 0. The van der Waals surface area contributed by atoms with Crippen molar-refractivity contribution in [2.24, 2.45) is 5.73 Å². The van der Waals surface area contributed by atoms with Gasteiger partial charge in [0.05, 0.1) is 5.54 Å². The van der Waals surface area contributed by atoms with Crippen LogP contribution in [0.5, 0.6) is 0 Å². The third-order valence-corrected chi connectivity index (χ3v) is 4.01. The Balaban J connectivity index is 2.25. The molecule has 1 aliphatic rings. The van der Waals surface area contributed by atoms with Crippen molar-refractivity contribution < 1.29 is 4.39 Å².